The third-order valence-corrected chi connectivity index (χ3v) is 4.92. The molecule has 7 heteroatoms. The van der Waals surface area contributed by atoms with Crippen molar-refractivity contribution in [3.63, 3.8) is 0 Å². The van der Waals surface area contributed by atoms with Gasteiger partial charge in [-0.3, -0.25) is 20.2 Å². The van der Waals surface area contributed by atoms with Gasteiger partial charge < -0.3 is 0 Å². The maximum Gasteiger partial charge on any atom is 0.278 e. The summed E-state index contributed by atoms with van der Waals surface area (Å²) >= 11 is 0. The number of rotatable bonds is 3. The van der Waals surface area contributed by atoms with Crippen LogP contribution in [0.25, 0.3) is 11.1 Å². The normalized spacial score (nSPS) is 11.8. The van der Waals surface area contributed by atoms with E-state index in [1.807, 2.05) is 31.2 Å². The van der Waals surface area contributed by atoms with Gasteiger partial charge in [0.2, 0.25) is 0 Å². The van der Waals surface area contributed by atoms with Crippen molar-refractivity contribution in [3.05, 3.63) is 96.6 Å². The zero-order valence-corrected chi connectivity index (χ0v) is 16.1. The van der Waals surface area contributed by atoms with Gasteiger partial charge >= 0.3 is 0 Å². The van der Waals surface area contributed by atoms with E-state index >= 15 is 0 Å². The van der Waals surface area contributed by atoms with Crippen LogP contribution in [-0.2, 0) is 0 Å². The molecule has 0 bridgehead atoms. The molecule has 4 rings (SSSR count). The Bertz CT molecular complexity index is 1170. The second-order valence-corrected chi connectivity index (χ2v) is 7.23. The molecule has 0 aliphatic heterocycles. The van der Waals surface area contributed by atoms with Crippen LogP contribution in [0, 0.1) is 41.0 Å². The lowest BCUT2D eigenvalue weighted by Gasteiger charge is -2.05. The van der Waals surface area contributed by atoms with Gasteiger partial charge in [0.1, 0.15) is 0 Å². The Morgan fingerprint density at radius 3 is 1.69 bits per heavy atom. The van der Waals surface area contributed by atoms with Gasteiger partial charge in [0.15, 0.2) is 0 Å². The van der Waals surface area contributed by atoms with Crippen molar-refractivity contribution in [3.8, 4) is 11.1 Å². The van der Waals surface area contributed by atoms with Gasteiger partial charge in [-0.1, -0.05) is 12.1 Å². The van der Waals surface area contributed by atoms with E-state index in [1.54, 1.807) is 26.0 Å². The quantitative estimate of drug-likeness (QED) is 0.338. The summed E-state index contributed by atoms with van der Waals surface area (Å²) in [6.45, 7) is 5.48. The average Bonchev–Trinajstić information content (AvgIpc) is 2.93. The summed E-state index contributed by atoms with van der Waals surface area (Å²) in [4.78, 5) is 27.3. The summed E-state index contributed by atoms with van der Waals surface area (Å²) in [5.41, 5.74) is 4.91. The van der Waals surface area contributed by atoms with E-state index < -0.39 is 9.85 Å². The van der Waals surface area contributed by atoms with Crippen LogP contribution >= 0.6 is 0 Å². The van der Waals surface area contributed by atoms with E-state index in [-0.39, 0.29) is 22.5 Å². The van der Waals surface area contributed by atoms with Gasteiger partial charge in [-0.25, -0.2) is 4.99 Å². The minimum absolute atomic E-state index is 0.150. The molecule has 0 heterocycles. The minimum Gasteiger partial charge on any atom is -0.258 e. The highest BCUT2D eigenvalue weighted by atomic mass is 16.6. The van der Waals surface area contributed by atoms with Crippen molar-refractivity contribution >= 4 is 22.8 Å². The molecule has 0 saturated heterocycles. The van der Waals surface area contributed by atoms with E-state index in [0.29, 0.717) is 33.7 Å². The molecular formula is C22H17N3O4. The number of nitro groups is 2. The second-order valence-electron chi connectivity index (χ2n) is 7.23. The monoisotopic (exact) mass is 387 g/mol. The summed E-state index contributed by atoms with van der Waals surface area (Å²) in [6, 6.07) is 14.1. The van der Waals surface area contributed by atoms with Crippen molar-refractivity contribution in [2.24, 2.45) is 4.99 Å². The fourth-order valence-corrected chi connectivity index (χ4v) is 3.81. The summed E-state index contributed by atoms with van der Waals surface area (Å²) in [7, 11) is 0. The Labute approximate surface area is 166 Å². The standard InChI is InChI=1S/C22H17N3O4/c1-12-5-4-6-15(7-12)23-22-16-8-13(2)10-18(24(26)27)20(16)21-17(22)9-14(3)11-19(21)25(28)29/h4-11H,1-3H3. The number of fused-ring (bicyclic) bond motifs is 3. The molecule has 1 aliphatic rings. The summed E-state index contributed by atoms with van der Waals surface area (Å²) in [5, 5.41) is 23.6. The summed E-state index contributed by atoms with van der Waals surface area (Å²) in [6.07, 6.45) is 0. The van der Waals surface area contributed by atoms with Crippen molar-refractivity contribution in [2.45, 2.75) is 20.8 Å². The molecule has 0 saturated carbocycles. The molecule has 3 aromatic rings. The number of benzene rings is 3. The van der Waals surface area contributed by atoms with Crippen LogP contribution in [0.4, 0.5) is 17.1 Å². The number of hydrogen-bond donors (Lipinski definition) is 0. The molecule has 0 aromatic heterocycles. The van der Waals surface area contributed by atoms with Gasteiger partial charge in [-0.15, -0.1) is 0 Å². The number of aliphatic imine (C=N–C) groups is 1. The maximum atomic E-state index is 11.8. The molecule has 0 atom stereocenters. The lowest BCUT2D eigenvalue weighted by Crippen LogP contribution is -2.00. The lowest BCUT2D eigenvalue weighted by atomic mass is 9.99. The van der Waals surface area contributed by atoms with Gasteiger partial charge in [0, 0.05) is 23.3 Å². The highest BCUT2D eigenvalue weighted by Gasteiger charge is 2.38. The third-order valence-electron chi connectivity index (χ3n) is 4.92. The first-order valence-corrected chi connectivity index (χ1v) is 9.01. The van der Waals surface area contributed by atoms with Crippen LogP contribution in [0.2, 0.25) is 0 Å². The fraction of sp³-hybridized carbons (Fsp3) is 0.136. The Kier molecular flexibility index (Phi) is 4.23. The number of nitro benzene ring substituents is 2. The Balaban J connectivity index is 2.15. The van der Waals surface area contributed by atoms with Crippen molar-refractivity contribution in [2.75, 3.05) is 0 Å². The van der Waals surface area contributed by atoms with Gasteiger partial charge in [0.05, 0.1) is 32.4 Å². The second kappa shape index (κ2) is 6.63. The average molecular weight is 387 g/mol. The molecule has 0 N–H and O–H groups in total. The lowest BCUT2D eigenvalue weighted by molar-refractivity contribution is -0.386. The first-order chi connectivity index (χ1) is 13.8. The molecule has 0 unspecified atom stereocenters. The van der Waals surface area contributed by atoms with E-state index in [2.05, 4.69) is 0 Å². The Morgan fingerprint density at radius 2 is 1.24 bits per heavy atom. The summed E-state index contributed by atoms with van der Waals surface area (Å²) < 4.78 is 0. The van der Waals surface area contributed by atoms with Crippen LogP contribution in [0.15, 0.2) is 53.5 Å². The Morgan fingerprint density at radius 1 is 0.724 bits per heavy atom. The predicted molar refractivity (Wildman–Crippen MR) is 111 cm³/mol. The number of aryl methyl sites for hydroxylation is 3. The SMILES string of the molecule is Cc1cccc(N=C2c3cc(C)cc([N+](=O)[O-])c3-c3c2cc(C)cc3[N+](=O)[O-])c1. The first kappa shape index (κ1) is 18.5. The highest BCUT2D eigenvalue weighted by molar-refractivity contribution is 6.27. The molecule has 29 heavy (non-hydrogen) atoms. The van der Waals surface area contributed by atoms with Crippen LogP contribution in [-0.4, -0.2) is 15.6 Å². The molecule has 144 valence electrons. The van der Waals surface area contributed by atoms with Crippen LogP contribution in [0.5, 0.6) is 0 Å². The van der Waals surface area contributed by atoms with E-state index in [1.165, 1.54) is 12.1 Å². The minimum atomic E-state index is -0.491. The molecule has 1 aliphatic carbocycles. The molecule has 7 nitrogen and oxygen atoms in total. The predicted octanol–water partition coefficient (Wildman–Crippen LogP) is 5.58. The molecule has 0 spiro atoms. The molecule has 0 fully saturated rings. The van der Waals surface area contributed by atoms with Gasteiger partial charge in [0.25, 0.3) is 11.4 Å². The van der Waals surface area contributed by atoms with E-state index in [0.717, 1.165) is 5.56 Å². The molecular weight excluding hydrogens is 370 g/mol. The molecule has 0 amide bonds. The maximum absolute atomic E-state index is 11.8. The highest BCUT2D eigenvalue weighted by Crippen LogP contribution is 2.48. The van der Waals surface area contributed by atoms with E-state index in [9.17, 15) is 20.2 Å². The smallest absolute Gasteiger partial charge is 0.258 e. The molecule has 3 aromatic carbocycles. The van der Waals surface area contributed by atoms with Crippen LogP contribution < -0.4 is 0 Å². The van der Waals surface area contributed by atoms with Crippen LogP contribution in [0.3, 0.4) is 0 Å². The number of hydrogen-bond acceptors (Lipinski definition) is 5. The van der Waals surface area contributed by atoms with Crippen molar-refractivity contribution < 1.29 is 9.85 Å². The van der Waals surface area contributed by atoms with Gasteiger partial charge in [-0.05, 0) is 61.7 Å². The van der Waals surface area contributed by atoms with Gasteiger partial charge in [-0.2, -0.15) is 0 Å². The Hall–Kier alpha value is -3.87. The largest absolute Gasteiger partial charge is 0.278 e. The van der Waals surface area contributed by atoms with Crippen molar-refractivity contribution in [1.29, 1.82) is 0 Å². The first-order valence-electron chi connectivity index (χ1n) is 9.01. The zero-order valence-electron chi connectivity index (χ0n) is 16.1. The fourth-order valence-electron chi connectivity index (χ4n) is 3.81. The van der Waals surface area contributed by atoms with Crippen molar-refractivity contribution in [1.82, 2.24) is 0 Å². The third kappa shape index (κ3) is 3.06. The number of nitrogens with zero attached hydrogens (tertiary/aromatic N) is 3. The molecule has 0 radical (unpaired) electrons. The zero-order chi connectivity index (χ0) is 20.9. The summed E-state index contributed by atoms with van der Waals surface area (Å²) in [5.74, 6) is 0. The van der Waals surface area contributed by atoms with Crippen LogP contribution in [0.1, 0.15) is 27.8 Å². The van der Waals surface area contributed by atoms with E-state index in [4.69, 9.17) is 4.99 Å². The topological polar surface area (TPSA) is 98.6 Å².